The van der Waals surface area contributed by atoms with Crippen molar-refractivity contribution in [3.8, 4) is 5.75 Å². The van der Waals surface area contributed by atoms with Crippen LogP contribution in [-0.2, 0) is 4.79 Å². The fourth-order valence-corrected chi connectivity index (χ4v) is 1.97. The van der Waals surface area contributed by atoms with Crippen molar-refractivity contribution >= 4 is 28.9 Å². The third-order valence-corrected chi connectivity index (χ3v) is 3.02. The Bertz CT molecular complexity index is 677. The van der Waals surface area contributed by atoms with E-state index in [9.17, 15) is 9.18 Å². The number of anilines is 2. The molecule has 0 fully saturated rings. The van der Waals surface area contributed by atoms with E-state index >= 15 is 0 Å². The van der Waals surface area contributed by atoms with Gasteiger partial charge in [-0.15, -0.1) is 0 Å². The third-order valence-electron chi connectivity index (χ3n) is 2.73. The first kappa shape index (κ1) is 15.1. The molecule has 2 aromatic rings. The average Bonchev–Trinajstić information content (AvgIpc) is 2.42. The molecule has 0 aliphatic rings. The molecule has 3 N–H and O–H groups in total. The molecule has 0 heterocycles. The van der Waals surface area contributed by atoms with Gasteiger partial charge in [-0.1, -0.05) is 17.7 Å². The smallest absolute Gasteiger partial charge is 0.262 e. The van der Waals surface area contributed by atoms with Crippen LogP contribution in [0.2, 0.25) is 5.02 Å². The van der Waals surface area contributed by atoms with Crippen molar-refractivity contribution in [1.29, 1.82) is 0 Å². The van der Waals surface area contributed by atoms with Crippen molar-refractivity contribution in [2.45, 2.75) is 6.92 Å². The van der Waals surface area contributed by atoms with Crippen molar-refractivity contribution in [3.63, 3.8) is 0 Å². The number of ether oxygens (including phenoxy) is 1. The number of rotatable bonds is 4. The molecule has 0 radical (unpaired) electrons. The highest BCUT2D eigenvalue weighted by Gasteiger charge is 2.07. The molecule has 21 heavy (non-hydrogen) atoms. The second kappa shape index (κ2) is 6.45. The van der Waals surface area contributed by atoms with Crippen molar-refractivity contribution in [2.24, 2.45) is 0 Å². The minimum absolute atomic E-state index is 0.0321. The van der Waals surface area contributed by atoms with E-state index < -0.39 is 11.7 Å². The summed E-state index contributed by atoms with van der Waals surface area (Å²) in [7, 11) is 0. The summed E-state index contributed by atoms with van der Waals surface area (Å²) in [5.41, 5.74) is 6.79. The van der Waals surface area contributed by atoms with Gasteiger partial charge >= 0.3 is 0 Å². The second-order valence-corrected chi connectivity index (χ2v) is 4.91. The van der Waals surface area contributed by atoms with Gasteiger partial charge in [-0.3, -0.25) is 4.79 Å². The second-order valence-electron chi connectivity index (χ2n) is 4.51. The van der Waals surface area contributed by atoms with Crippen LogP contribution in [0.5, 0.6) is 5.75 Å². The van der Waals surface area contributed by atoms with Crippen LogP contribution in [0.1, 0.15) is 5.56 Å². The molecule has 2 rings (SSSR count). The molecule has 0 aliphatic heterocycles. The maximum atomic E-state index is 13.0. The minimum atomic E-state index is -0.532. The fraction of sp³-hybridized carbons (Fsp3) is 0.133. The Morgan fingerprint density at radius 2 is 2.10 bits per heavy atom. The first-order valence-electron chi connectivity index (χ1n) is 6.19. The van der Waals surface area contributed by atoms with E-state index in [1.54, 1.807) is 12.1 Å². The van der Waals surface area contributed by atoms with Gasteiger partial charge in [0.15, 0.2) is 6.61 Å². The lowest BCUT2D eigenvalue weighted by Crippen LogP contribution is -2.20. The van der Waals surface area contributed by atoms with Gasteiger partial charge in [-0.25, -0.2) is 4.39 Å². The van der Waals surface area contributed by atoms with Crippen LogP contribution >= 0.6 is 11.6 Å². The van der Waals surface area contributed by atoms with Crippen LogP contribution in [0.3, 0.4) is 0 Å². The number of hydrogen-bond donors (Lipinski definition) is 2. The van der Waals surface area contributed by atoms with Gasteiger partial charge in [0.1, 0.15) is 11.6 Å². The van der Waals surface area contributed by atoms with Gasteiger partial charge in [-0.05, 0) is 42.8 Å². The van der Waals surface area contributed by atoms with E-state index in [0.29, 0.717) is 16.5 Å². The molecule has 1 amide bonds. The molecule has 0 saturated carbocycles. The molecular weight excluding hydrogens is 295 g/mol. The van der Waals surface area contributed by atoms with E-state index in [0.717, 1.165) is 5.56 Å². The summed E-state index contributed by atoms with van der Waals surface area (Å²) >= 11 is 6.00. The highest BCUT2D eigenvalue weighted by molar-refractivity contribution is 6.32. The number of hydrogen-bond acceptors (Lipinski definition) is 3. The van der Waals surface area contributed by atoms with Crippen LogP contribution in [0, 0.1) is 12.7 Å². The summed E-state index contributed by atoms with van der Waals surface area (Å²) in [5.74, 6) is -0.496. The summed E-state index contributed by atoms with van der Waals surface area (Å²) in [4.78, 5) is 11.7. The third kappa shape index (κ3) is 4.10. The molecule has 0 bridgehead atoms. The monoisotopic (exact) mass is 308 g/mol. The number of nitrogens with one attached hydrogen (secondary N) is 1. The molecule has 110 valence electrons. The molecule has 0 spiro atoms. The maximum absolute atomic E-state index is 13.0. The van der Waals surface area contributed by atoms with Gasteiger partial charge in [0.05, 0.1) is 10.7 Å². The number of carbonyl (C=O) groups is 1. The largest absolute Gasteiger partial charge is 0.482 e. The first-order chi connectivity index (χ1) is 9.95. The molecule has 0 saturated heterocycles. The van der Waals surface area contributed by atoms with Crippen LogP contribution < -0.4 is 15.8 Å². The fourth-order valence-electron chi connectivity index (χ4n) is 1.68. The number of aryl methyl sites for hydroxylation is 1. The van der Waals surface area contributed by atoms with E-state index in [2.05, 4.69) is 5.32 Å². The lowest BCUT2D eigenvalue weighted by atomic mass is 10.2. The number of amides is 1. The summed E-state index contributed by atoms with van der Waals surface area (Å²) in [6.07, 6.45) is 0. The quantitative estimate of drug-likeness (QED) is 0.851. The number of nitrogens with two attached hydrogens (primary N) is 1. The van der Waals surface area contributed by atoms with E-state index in [1.165, 1.54) is 18.2 Å². The van der Waals surface area contributed by atoms with Gasteiger partial charge in [0.2, 0.25) is 0 Å². The normalized spacial score (nSPS) is 10.2. The van der Waals surface area contributed by atoms with Crippen LogP contribution in [0.15, 0.2) is 36.4 Å². The number of halogens is 2. The maximum Gasteiger partial charge on any atom is 0.262 e. The predicted molar refractivity (Wildman–Crippen MR) is 81.1 cm³/mol. The number of benzene rings is 2. The number of nitrogen functional groups attached to an aromatic ring is 1. The Kier molecular flexibility index (Phi) is 4.65. The molecular formula is C15H14ClFN2O2. The highest BCUT2D eigenvalue weighted by atomic mass is 35.5. The molecule has 6 heteroatoms. The lowest BCUT2D eigenvalue weighted by Gasteiger charge is -2.09. The molecule has 0 unspecified atom stereocenters. The van der Waals surface area contributed by atoms with Crippen molar-refractivity contribution in [1.82, 2.24) is 0 Å². The zero-order chi connectivity index (χ0) is 15.4. The Hall–Kier alpha value is -2.27. The highest BCUT2D eigenvalue weighted by Crippen LogP contribution is 2.25. The Labute approximate surface area is 126 Å². The van der Waals surface area contributed by atoms with Gasteiger partial charge in [0, 0.05) is 5.69 Å². The van der Waals surface area contributed by atoms with Crippen molar-refractivity contribution < 1.29 is 13.9 Å². The topological polar surface area (TPSA) is 64.3 Å². The summed E-state index contributed by atoms with van der Waals surface area (Å²) in [6.45, 7) is 1.70. The molecule has 4 nitrogen and oxygen atoms in total. The lowest BCUT2D eigenvalue weighted by molar-refractivity contribution is -0.118. The number of carbonyl (C=O) groups excluding carboxylic acids is 1. The predicted octanol–water partition coefficient (Wildman–Crippen LogP) is 3.39. The zero-order valence-electron chi connectivity index (χ0n) is 11.3. The summed E-state index contributed by atoms with van der Waals surface area (Å²) < 4.78 is 18.3. The zero-order valence-corrected chi connectivity index (χ0v) is 12.1. The first-order valence-corrected chi connectivity index (χ1v) is 6.57. The molecule has 2 aromatic carbocycles. The van der Waals surface area contributed by atoms with E-state index in [4.69, 9.17) is 22.1 Å². The van der Waals surface area contributed by atoms with Crippen molar-refractivity contribution in [2.75, 3.05) is 17.7 Å². The van der Waals surface area contributed by atoms with Gasteiger partial charge in [-0.2, -0.15) is 0 Å². The molecule has 0 aliphatic carbocycles. The molecule has 0 aromatic heterocycles. The van der Waals surface area contributed by atoms with Crippen LogP contribution in [0.4, 0.5) is 15.8 Å². The van der Waals surface area contributed by atoms with E-state index in [-0.39, 0.29) is 12.3 Å². The van der Waals surface area contributed by atoms with E-state index in [1.807, 2.05) is 13.0 Å². The van der Waals surface area contributed by atoms with Gasteiger partial charge in [0.25, 0.3) is 5.91 Å². The molecule has 0 atom stereocenters. The van der Waals surface area contributed by atoms with Crippen molar-refractivity contribution in [3.05, 3.63) is 52.8 Å². The Balaban J connectivity index is 1.94. The Morgan fingerprint density at radius 1 is 1.33 bits per heavy atom. The standard InChI is InChI=1S/C15H14ClFN2O2/c1-9-2-5-14(11(16)6-9)21-8-15(20)19-10-3-4-12(17)13(18)7-10/h2-7H,8,18H2,1H3,(H,19,20). The van der Waals surface area contributed by atoms with Crippen LogP contribution in [0.25, 0.3) is 0 Å². The summed E-state index contributed by atoms with van der Waals surface area (Å²) in [5, 5.41) is 3.00. The summed E-state index contributed by atoms with van der Waals surface area (Å²) in [6, 6.07) is 9.22. The SMILES string of the molecule is Cc1ccc(OCC(=O)Nc2ccc(F)c(N)c2)c(Cl)c1. The average molecular weight is 309 g/mol. The minimum Gasteiger partial charge on any atom is -0.482 e. The van der Waals surface area contributed by atoms with Crippen LogP contribution in [-0.4, -0.2) is 12.5 Å². The van der Waals surface area contributed by atoms with Gasteiger partial charge < -0.3 is 15.8 Å². The Morgan fingerprint density at radius 3 is 2.76 bits per heavy atom.